The van der Waals surface area contributed by atoms with Crippen LogP contribution in [0.25, 0.3) is 0 Å². The van der Waals surface area contributed by atoms with Crippen molar-refractivity contribution < 1.29 is 0 Å². The van der Waals surface area contributed by atoms with E-state index in [4.69, 9.17) is 11.5 Å². The Hall–Kier alpha value is -1.55. The van der Waals surface area contributed by atoms with Crippen LogP contribution >= 0.6 is 0 Å². The average Bonchev–Trinajstić information content (AvgIpc) is 2.02. The molecule has 68 valence electrons. The van der Waals surface area contributed by atoms with Gasteiger partial charge in [0.15, 0.2) is 5.96 Å². The number of nitrogens with one attached hydrogen (secondary N) is 1. The summed E-state index contributed by atoms with van der Waals surface area (Å²) in [6.45, 7) is 1.83. The summed E-state index contributed by atoms with van der Waals surface area (Å²) in [5, 5.41) is 2.96. The van der Waals surface area contributed by atoms with Gasteiger partial charge in [-0.05, 0) is 13.0 Å². The summed E-state index contributed by atoms with van der Waals surface area (Å²) in [7, 11) is 0. The van der Waals surface area contributed by atoms with Gasteiger partial charge in [-0.3, -0.25) is 0 Å². The van der Waals surface area contributed by atoms with E-state index in [1.807, 2.05) is 31.2 Å². The molecule has 4 heteroatoms. The second kappa shape index (κ2) is 2.47. The van der Waals surface area contributed by atoms with E-state index in [2.05, 4.69) is 10.3 Å². The van der Waals surface area contributed by atoms with Crippen LogP contribution < -0.4 is 16.8 Å². The maximum atomic E-state index is 5.97. The molecule has 1 aliphatic heterocycles. The average molecular weight is 176 g/mol. The molecule has 0 amide bonds. The van der Waals surface area contributed by atoms with Crippen molar-refractivity contribution in [2.75, 3.05) is 5.32 Å². The Morgan fingerprint density at radius 2 is 2.08 bits per heavy atom. The maximum Gasteiger partial charge on any atom is 0.195 e. The third-order valence-electron chi connectivity index (χ3n) is 2.09. The molecular weight excluding hydrogens is 164 g/mol. The molecule has 0 saturated heterocycles. The van der Waals surface area contributed by atoms with Gasteiger partial charge >= 0.3 is 0 Å². The van der Waals surface area contributed by atoms with E-state index >= 15 is 0 Å². The van der Waals surface area contributed by atoms with Crippen molar-refractivity contribution >= 4 is 11.6 Å². The predicted molar refractivity (Wildman–Crippen MR) is 53.2 cm³/mol. The molecule has 5 N–H and O–H groups in total. The van der Waals surface area contributed by atoms with Crippen LogP contribution in [0.5, 0.6) is 0 Å². The highest BCUT2D eigenvalue weighted by atomic mass is 15.2. The molecule has 1 aromatic carbocycles. The van der Waals surface area contributed by atoms with E-state index in [0.717, 1.165) is 11.3 Å². The van der Waals surface area contributed by atoms with Crippen molar-refractivity contribution in [3.05, 3.63) is 29.8 Å². The van der Waals surface area contributed by atoms with E-state index < -0.39 is 5.66 Å². The van der Waals surface area contributed by atoms with Crippen molar-refractivity contribution in [3.63, 3.8) is 0 Å². The first-order valence-electron chi connectivity index (χ1n) is 4.10. The molecule has 0 saturated carbocycles. The highest BCUT2D eigenvalue weighted by Crippen LogP contribution is 2.29. The Kier molecular flexibility index (Phi) is 1.53. The van der Waals surface area contributed by atoms with Gasteiger partial charge in [-0.1, -0.05) is 18.2 Å². The molecule has 1 unspecified atom stereocenters. The Bertz CT molecular complexity index is 368. The first kappa shape index (κ1) is 8.07. The number of nitrogens with zero attached hydrogens (tertiary/aromatic N) is 1. The molecule has 0 fully saturated rings. The lowest BCUT2D eigenvalue weighted by molar-refractivity contribution is 0.521. The van der Waals surface area contributed by atoms with Gasteiger partial charge in [0.25, 0.3) is 0 Å². The number of nitrogens with two attached hydrogens (primary N) is 2. The summed E-state index contributed by atoms with van der Waals surface area (Å²) in [5.74, 6) is 0.365. The zero-order chi connectivity index (χ0) is 9.47. The largest absolute Gasteiger partial charge is 0.370 e. The summed E-state index contributed by atoms with van der Waals surface area (Å²) in [6, 6.07) is 7.74. The van der Waals surface area contributed by atoms with Crippen LogP contribution in [-0.4, -0.2) is 5.96 Å². The topological polar surface area (TPSA) is 76.4 Å². The molecule has 0 aromatic heterocycles. The molecule has 0 radical (unpaired) electrons. The van der Waals surface area contributed by atoms with Gasteiger partial charge in [-0.25, -0.2) is 4.99 Å². The van der Waals surface area contributed by atoms with Crippen molar-refractivity contribution in [2.24, 2.45) is 16.5 Å². The Morgan fingerprint density at radius 1 is 1.38 bits per heavy atom. The van der Waals surface area contributed by atoms with Crippen molar-refractivity contribution in [2.45, 2.75) is 12.6 Å². The zero-order valence-corrected chi connectivity index (χ0v) is 7.41. The molecule has 1 atom stereocenters. The summed E-state index contributed by atoms with van der Waals surface area (Å²) in [5.41, 5.74) is 12.7. The van der Waals surface area contributed by atoms with E-state index in [1.165, 1.54) is 0 Å². The number of hydrogen-bond donors (Lipinski definition) is 3. The van der Waals surface area contributed by atoms with Crippen molar-refractivity contribution in [3.8, 4) is 0 Å². The number of guanidine groups is 1. The fourth-order valence-corrected chi connectivity index (χ4v) is 1.51. The number of para-hydroxylation sites is 1. The molecule has 1 heterocycles. The van der Waals surface area contributed by atoms with Crippen LogP contribution in [0.15, 0.2) is 29.3 Å². The molecular formula is C9H12N4. The highest BCUT2D eigenvalue weighted by molar-refractivity contribution is 5.95. The molecule has 2 rings (SSSR count). The monoisotopic (exact) mass is 176 g/mol. The third kappa shape index (κ3) is 1.25. The van der Waals surface area contributed by atoms with Gasteiger partial charge in [0.05, 0.1) is 0 Å². The zero-order valence-electron chi connectivity index (χ0n) is 7.41. The number of fused-ring (bicyclic) bond motifs is 1. The minimum atomic E-state index is -0.716. The second-order valence-electron chi connectivity index (χ2n) is 3.32. The van der Waals surface area contributed by atoms with Gasteiger partial charge in [0.1, 0.15) is 5.66 Å². The first-order chi connectivity index (χ1) is 6.09. The fourth-order valence-electron chi connectivity index (χ4n) is 1.51. The summed E-state index contributed by atoms with van der Waals surface area (Å²) >= 11 is 0. The van der Waals surface area contributed by atoms with Crippen LogP contribution in [0.4, 0.5) is 5.69 Å². The summed E-state index contributed by atoms with van der Waals surface area (Å²) in [6.07, 6.45) is 0. The first-order valence-corrected chi connectivity index (χ1v) is 4.10. The lowest BCUT2D eigenvalue weighted by Gasteiger charge is -2.28. The smallest absolute Gasteiger partial charge is 0.195 e. The Morgan fingerprint density at radius 3 is 2.85 bits per heavy atom. The lowest BCUT2D eigenvalue weighted by atomic mass is 9.99. The lowest BCUT2D eigenvalue weighted by Crippen LogP contribution is -2.40. The van der Waals surface area contributed by atoms with Crippen LogP contribution in [0.1, 0.15) is 12.5 Å². The minimum Gasteiger partial charge on any atom is -0.370 e. The summed E-state index contributed by atoms with van der Waals surface area (Å²) in [4.78, 5) is 4.12. The van der Waals surface area contributed by atoms with Crippen LogP contribution in [0, 0.1) is 0 Å². The van der Waals surface area contributed by atoms with Crippen LogP contribution in [0.3, 0.4) is 0 Å². The van der Waals surface area contributed by atoms with E-state index in [9.17, 15) is 0 Å². The van der Waals surface area contributed by atoms with Crippen LogP contribution in [0.2, 0.25) is 0 Å². The fraction of sp³-hybridized carbons (Fsp3) is 0.222. The normalized spacial score (nSPS) is 25.8. The van der Waals surface area contributed by atoms with Gasteiger partial charge in [-0.2, -0.15) is 0 Å². The molecule has 13 heavy (non-hydrogen) atoms. The van der Waals surface area contributed by atoms with Crippen molar-refractivity contribution in [1.29, 1.82) is 0 Å². The van der Waals surface area contributed by atoms with Gasteiger partial charge in [-0.15, -0.1) is 0 Å². The SMILES string of the molecule is CC1(N)N=C(N)Nc2ccccc21. The second-order valence-corrected chi connectivity index (χ2v) is 3.32. The maximum absolute atomic E-state index is 5.97. The highest BCUT2D eigenvalue weighted by Gasteiger charge is 2.27. The minimum absolute atomic E-state index is 0.365. The van der Waals surface area contributed by atoms with E-state index in [1.54, 1.807) is 0 Å². The summed E-state index contributed by atoms with van der Waals surface area (Å²) < 4.78 is 0. The molecule has 0 aliphatic carbocycles. The number of benzene rings is 1. The molecule has 4 nitrogen and oxygen atoms in total. The van der Waals surface area contributed by atoms with E-state index in [-0.39, 0.29) is 0 Å². The Labute approximate surface area is 76.6 Å². The molecule has 1 aliphatic rings. The molecule has 0 spiro atoms. The molecule has 1 aromatic rings. The van der Waals surface area contributed by atoms with E-state index in [0.29, 0.717) is 5.96 Å². The number of anilines is 1. The van der Waals surface area contributed by atoms with Gasteiger partial charge in [0, 0.05) is 11.3 Å². The standard InChI is InChI=1S/C9H12N4/c1-9(11)6-4-2-3-5-7(6)12-8(10)13-9/h2-5H,11H2,1H3,(H3,10,12,13). The quantitative estimate of drug-likeness (QED) is 0.540. The molecule has 0 bridgehead atoms. The number of rotatable bonds is 0. The van der Waals surface area contributed by atoms with Crippen LogP contribution in [-0.2, 0) is 5.66 Å². The number of aliphatic imine (C=N–C) groups is 1. The third-order valence-corrected chi connectivity index (χ3v) is 2.09. The Balaban J connectivity index is 2.58. The van der Waals surface area contributed by atoms with Gasteiger partial charge in [0.2, 0.25) is 0 Å². The number of hydrogen-bond acceptors (Lipinski definition) is 4. The predicted octanol–water partition coefficient (Wildman–Crippen LogP) is 0.558. The van der Waals surface area contributed by atoms with Gasteiger partial charge < -0.3 is 16.8 Å². The van der Waals surface area contributed by atoms with Crippen molar-refractivity contribution in [1.82, 2.24) is 0 Å².